The van der Waals surface area contributed by atoms with Gasteiger partial charge in [0.2, 0.25) is 0 Å². The predicted molar refractivity (Wildman–Crippen MR) is 53.6 cm³/mol. The maximum Gasteiger partial charge on any atom is 0.123 e. The summed E-state index contributed by atoms with van der Waals surface area (Å²) in [4.78, 5) is 1.09. The summed E-state index contributed by atoms with van der Waals surface area (Å²) in [6.07, 6.45) is 3.40. The van der Waals surface area contributed by atoms with E-state index in [1.54, 1.807) is 23.9 Å². The zero-order valence-corrected chi connectivity index (χ0v) is 8.40. The summed E-state index contributed by atoms with van der Waals surface area (Å²) in [6, 6.07) is 4.79. The molecule has 0 radical (unpaired) electrons. The molecule has 3 heteroatoms. The van der Waals surface area contributed by atoms with E-state index in [1.807, 2.05) is 6.26 Å². The van der Waals surface area contributed by atoms with Crippen LogP contribution >= 0.6 is 11.8 Å². The number of aliphatic hydroxyl groups excluding tert-OH is 1. The Bertz CT molecular complexity index is 276. The summed E-state index contributed by atoms with van der Waals surface area (Å²) in [5.74, 6) is -0.203. The average molecular weight is 200 g/mol. The lowest BCUT2D eigenvalue weighted by atomic mass is 10.1. The summed E-state index contributed by atoms with van der Waals surface area (Å²) in [7, 11) is 0. The van der Waals surface area contributed by atoms with E-state index in [4.69, 9.17) is 5.11 Å². The maximum atomic E-state index is 12.8. The average Bonchev–Trinajstić information content (AvgIpc) is 2.15. The molecule has 0 fully saturated rings. The van der Waals surface area contributed by atoms with Crippen LogP contribution in [0.5, 0.6) is 0 Å². The van der Waals surface area contributed by atoms with Crippen LogP contribution in [0.4, 0.5) is 4.39 Å². The van der Waals surface area contributed by atoms with Crippen molar-refractivity contribution in [1.82, 2.24) is 0 Å². The highest BCUT2D eigenvalue weighted by atomic mass is 32.2. The Morgan fingerprint density at radius 3 is 2.85 bits per heavy atom. The first kappa shape index (κ1) is 10.5. The lowest BCUT2D eigenvalue weighted by Crippen LogP contribution is -1.92. The van der Waals surface area contributed by atoms with Gasteiger partial charge in [-0.3, -0.25) is 0 Å². The second kappa shape index (κ2) is 5.25. The molecule has 0 aliphatic heterocycles. The molecule has 0 aromatic heterocycles. The van der Waals surface area contributed by atoms with Crippen molar-refractivity contribution >= 4 is 11.8 Å². The van der Waals surface area contributed by atoms with E-state index in [0.717, 1.165) is 16.9 Å². The van der Waals surface area contributed by atoms with E-state index < -0.39 is 0 Å². The Balaban J connectivity index is 2.81. The number of aliphatic hydroxyl groups is 1. The molecule has 0 spiro atoms. The first-order valence-corrected chi connectivity index (χ1v) is 5.43. The fourth-order valence-corrected chi connectivity index (χ4v) is 1.84. The third-order valence-electron chi connectivity index (χ3n) is 1.85. The maximum absolute atomic E-state index is 12.8. The molecule has 0 atom stereocenters. The number of benzene rings is 1. The Hall–Kier alpha value is -0.540. The van der Waals surface area contributed by atoms with E-state index in [0.29, 0.717) is 6.42 Å². The summed E-state index contributed by atoms with van der Waals surface area (Å²) in [5.41, 5.74) is 0.988. The third kappa shape index (κ3) is 3.01. The van der Waals surface area contributed by atoms with Crippen LogP contribution < -0.4 is 0 Å². The zero-order valence-electron chi connectivity index (χ0n) is 7.59. The van der Waals surface area contributed by atoms with E-state index in [-0.39, 0.29) is 12.4 Å². The molecular formula is C10H13FOS. The number of rotatable bonds is 4. The number of aryl methyl sites for hydroxylation is 1. The molecule has 1 nitrogen and oxygen atoms in total. The van der Waals surface area contributed by atoms with Crippen molar-refractivity contribution in [2.75, 3.05) is 12.9 Å². The molecule has 0 bridgehead atoms. The van der Waals surface area contributed by atoms with Crippen LogP contribution in [0.1, 0.15) is 12.0 Å². The number of thioether (sulfide) groups is 1. The molecular weight excluding hydrogens is 187 g/mol. The molecule has 0 saturated carbocycles. The summed E-state index contributed by atoms with van der Waals surface area (Å²) < 4.78 is 12.8. The van der Waals surface area contributed by atoms with E-state index in [2.05, 4.69) is 0 Å². The molecule has 72 valence electrons. The van der Waals surface area contributed by atoms with Crippen LogP contribution in [0.25, 0.3) is 0 Å². The summed E-state index contributed by atoms with van der Waals surface area (Å²) >= 11 is 1.61. The number of hydrogen-bond acceptors (Lipinski definition) is 2. The first-order chi connectivity index (χ1) is 6.27. The van der Waals surface area contributed by atoms with Crippen LogP contribution in [-0.4, -0.2) is 18.0 Å². The molecule has 0 saturated heterocycles. The standard InChI is InChI=1S/C10H13FOS/c1-13-10-5-4-9(11)7-8(10)3-2-6-12/h4-5,7,12H,2-3,6H2,1H3. The minimum atomic E-state index is -0.203. The highest BCUT2D eigenvalue weighted by Gasteiger charge is 2.02. The molecule has 0 aliphatic carbocycles. The van der Waals surface area contributed by atoms with Gasteiger partial charge in [-0.1, -0.05) is 0 Å². The Morgan fingerprint density at radius 1 is 1.46 bits per heavy atom. The minimum absolute atomic E-state index is 0.157. The van der Waals surface area contributed by atoms with Gasteiger partial charge >= 0.3 is 0 Å². The SMILES string of the molecule is CSc1ccc(F)cc1CCCO. The van der Waals surface area contributed by atoms with Crippen molar-refractivity contribution in [2.24, 2.45) is 0 Å². The van der Waals surface area contributed by atoms with Crippen molar-refractivity contribution < 1.29 is 9.50 Å². The van der Waals surface area contributed by atoms with Crippen molar-refractivity contribution in [3.05, 3.63) is 29.6 Å². The van der Waals surface area contributed by atoms with Crippen LogP contribution in [-0.2, 0) is 6.42 Å². The van der Waals surface area contributed by atoms with Crippen LogP contribution in [0.3, 0.4) is 0 Å². The van der Waals surface area contributed by atoms with Gasteiger partial charge in [-0.25, -0.2) is 4.39 Å². The van der Waals surface area contributed by atoms with Gasteiger partial charge in [-0.15, -0.1) is 11.8 Å². The Morgan fingerprint density at radius 2 is 2.23 bits per heavy atom. The van der Waals surface area contributed by atoms with Gasteiger partial charge < -0.3 is 5.11 Å². The number of halogens is 1. The van der Waals surface area contributed by atoms with E-state index in [9.17, 15) is 4.39 Å². The van der Waals surface area contributed by atoms with Crippen molar-refractivity contribution in [3.8, 4) is 0 Å². The quantitative estimate of drug-likeness (QED) is 0.753. The van der Waals surface area contributed by atoms with Gasteiger partial charge in [-0.2, -0.15) is 0 Å². The van der Waals surface area contributed by atoms with Crippen LogP contribution in [0.15, 0.2) is 23.1 Å². The van der Waals surface area contributed by atoms with Crippen LogP contribution in [0.2, 0.25) is 0 Å². The molecule has 1 rings (SSSR count). The van der Waals surface area contributed by atoms with Gasteiger partial charge in [0.15, 0.2) is 0 Å². The van der Waals surface area contributed by atoms with Gasteiger partial charge in [0.05, 0.1) is 0 Å². The Kier molecular flexibility index (Phi) is 4.25. The molecule has 1 N–H and O–H groups in total. The molecule has 0 heterocycles. The summed E-state index contributed by atoms with van der Waals surface area (Å²) in [6.45, 7) is 0.157. The topological polar surface area (TPSA) is 20.2 Å². The van der Waals surface area contributed by atoms with Gasteiger partial charge in [-0.05, 0) is 42.9 Å². The fraction of sp³-hybridized carbons (Fsp3) is 0.400. The van der Waals surface area contributed by atoms with E-state index in [1.165, 1.54) is 6.07 Å². The lowest BCUT2D eigenvalue weighted by Gasteiger charge is -2.05. The molecule has 0 aliphatic rings. The molecule has 1 aromatic carbocycles. The van der Waals surface area contributed by atoms with Crippen molar-refractivity contribution in [1.29, 1.82) is 0 Å². The smallest absolute Gasteiger partial charge is 0.123 e. The number of hydrogen-bond donors (Lipinski definition) is 1. The molecule has 13 heavy (non-hydrogen) atoms. The van der Waals surface area contributed by atoms with Crippen molar-refractivity contribution in [3.63, 3.8) is 0 Å². The largest absolute Gasteiger partial charge is 0.396 e. The fourth-order valence-electron chi connectivity index (χ4n) is 1.21. The summed E-state index contributed by atoms with van der Waals surface area (Å²) in [5, 5.41) is 8.66. The molecule has 1 aromatic rings. The Labute approximate surface area is 82.0 Å². The van der Waals surface area contributed by atoms with Gasteiger partial charge in [0, 0.05) is 11.5 Å². The first-order valence-electron chi connectivity index (χ1n) is 4.21. The van der Waals surface area contributed by atoms with Gasteiger partial charge in [0.25, 0.3) is 0 Å². The normalized spacial score (nSPS) is 10.4. The third-order valence-corrected chi connectivity index (χ3v) is 2.68. The second-order valence-electron chi connectivity index (χ2n) is 2.78. The highest BCUT2D eigenvalue weighted by Crippen LogP contribution is 2.22. The van der Waals surface area contributed by atoms with Gasteiger partial charge in [0.1, 0.15) is 5.82 Å². The van der Waals surface area contributed by atoms with Crippen molar-refractivity contribution in [2.45, 2.75) is 17.7 Å². The zero-order chi connectivity index (χ0) is 9.68. The molecule has 0 amide bonds. The minimum Gasteiger partial charge on any atom is -0.396 e. The molecule has 0 unspecified atom stereocenters. The van der Waals surface area contributed by atoms with E-state index >= 15 is 0 Å². The predicted octanol–water partition coefficient (Wildman–Crippen LogP) is 2.47. The highest BCUT2D eigenvalue weighted by molar-refractivity contribution is 7.98. The van der Waals surface area contributed by atoms with Crippen LogP contribution in [0, 0.1) is 5.82 Å². The monoisotopic (exact) mass is 200 g/mol. The lowest BCUT2D eigenvalue weighted by molar-refractivity contribution is 0.288. The second-order valence-corrected chi connectivity index (χ2v) is 3.63.